The molecule has 0 bridgehead atoms. The van der Waals surface area contributed by atoms with E-state index in [0.29, 0.717) is 5.69 Å². The quantitative estimate of drug-likeness (QED) is 0.629. The van der Waals surface area contributed by atoms with E-state index in [0.717, 1.165) is 5.69 Å². The molecule has 0 N–H and O–H groups in total. The van der Waals surface area contributed by atoms with Crippen molar-refractivity contribution < 1.29 is 0 Å². The molecule has 0 saturated heterocycles. The molecule has 0 atom stereocenters. The first-order valence-corrected chi connectivity index (χ1v) is 4.30. The van der Waals surface area contributed by atoms with Crippen LogP contribution >= 0.6 is 0 Å². The van der Waals surface area contributed by atoms with Gasteiger partial charge in [-0.2, -0.15) is 5.11 Å². The molecular weight excluding hydrogens is 172 g/mol. The zero-order valence-corrected chi connectivity index (χ0v) is 7.51. The predicted molar refractivity (Wildman–Crippen MR) is 54.7 cm³/mol. The lowest BCUT2D eigenvalue weighted by molar-refractivity contribution is 1.23. The summed E-state index contributed by atoms with van der Waals surface area (Å²) < 4.78 is 0. The molecule has 2 radical (unpaired) electrons. The van der Waals surface area contributed by atoms with Crippen LogP contribution in [0.3, 0.4) is 0 Å². The third kappa shape index (κ3) is 2.26. The zero-order valence-electron chi connectivity index (χ0n) is 7.51. The van der Waals surface area contributed by atoms with Crippen molar-refractivity contribution in [1.82, 2.24) is 0 Å². The highest BCUT2D eigenvalue weighted by atomic mass is 15.1. The molecule has 0 unspecified atom stereocenters. The summed E-state index contributed by atoms with van der Waals surface area (Å²) >= 11 is 0. The van der Waals surface area contributed by atoms with Crippen molar-refractivity contribution in [2.45, 2.75) is 0 Å². The Labute approximate surface area is 82.9 Å². The van der Waals surface area contributed by atoms with Crippen LogP contribution in [0.5, 0.6) is 0 Å². The minimum absolute atomic E-state index is 0.691. The van der Waals surface area contributed by atoms with Crippen LogP contribution in [0.2, 0.25) is 0 Å². The van der Waals surface area contributed by atoms with Gasteiger partial charge in [0.15, 0.2) is 0 Å². The van der Waals surface area contributed by atoms with E-state index < -0.39 is 0 Å². The molecule has 2 aromatic carbocycles. The van der Waals surface area contributed by atoms with E-state index in [1.165, 1.54) is 0 Å². The van der Waals surface area contributed by atoms with E-state index in [1.54, 1.807) is 18.2 Å². The van der Waals surface area contributed by atoms with Crippen LogP contribution in [0.15, 0.2) is 58.8 Å². The molecule has 0 aliphatic rings. The largest absolute Gasteiger partial charge is 0.151 e. The van der Waals surface area contributed by atoms with Crippen molar-refractivity contribution in [3.05, 3.63) is 60.7 Å². The number of azo groups is 1. The fourth-order valence-electron chi connectivity index (χ4n) is 1.01. The van der Waals surface area contributed by atoms with Gasteiger partial charge in [-0.25, -0.2) is 0 Å². The van der Waals surface area contributed by atoms with Gasteiger partial charge in [0.2, 0.25) is 0 Å². The fourth-order valence-corrected chi connectivity index (χ4v) is 1.01. The van der Waals surface area contributed by atoms with Crippen LogP contribution in [0.25, 0.3) is 0 Å². The monoisotopic (exact) mass is 180 g/mol. The third-order valence-electron chi connectivity index (χ3n) is 1.66. The van der Waals surface area contributed by atoms with E-state index in [9.17, 15) is 0 Å². The second-order valence-corrected chi connectivity index (χ2v) is 2.71. The third-order valence-corrected chi connectivity index (χ3v) is 1.66. The summed E-state index contributed by atoms with van der Waals surface area (Å²) in [6.45, 7) is 0. The Bertz CT molecular complexity index is 365. The zero-order chi connectivity index (χ0) is 9.64. The molecular formula is C12H8N2. The lowest BCUT2D eigenvalue weighted by Gasteiger charge is -1.90. The average molecular weight is 180 g/mol. The minimum atomic E-state index is 0.691. The summed E-state index contributed by atoms with van der Waals surface area (Å²) in [5.41, 5.74) is 1.53. The second-order valence-electron chi connectivity index (χ2n) is 2.71. The summed E-state index contributed by atoms with van der Waals surface area (Å²) in [4.78, 5) is 0. The Hall–Kier alpha value is -1.96. The summed E-state index contributed by atoms with van der Waals surface area (Å²) in [5.74, 6) is 0. The molecule has 0 fully saturated rings. The first kappa shape index (κ1) is 8.63. The van der Waals surface area contributed by atoms with Crippen LogP contribution in [-0.2, 0) is 0 Å². The van der Waals surface area contributed by atoms with Crippen molar-refractivity contribution in [3.63, 3.8) is 0 Å². The van der Waals surface area contributed by atoms with Gasteiger partial charge in [-0.05, 0) is 24.3 Å². The topological polar surface area (TPSA) is 24.7 Å². The van der Waals surface area contributed by atoms with E-state index in [2.05, 4.69) is 22.4 Å². The van der Waals surface area contributed by atoms with Gasteiger partial charge in [-0.3, -0.25) is 0 Å². The van der Waals surface area contributed by atoms with Crippen molar-refractivity contribution >= 4 is 11.4 Å². The molecule has 2 heteroatoms. The standard InChI is InChI=1S/C12H8N2/c1-3-7-11(8-4-1)13-14-12-9-5-2-6-10-12/h1-5,7-8,10H/b14-13+. The average Bonchev–Trinajstić information content (AvgIpc) is 2.29. The maximum atomic E-state index is 4.05. The first-order valence-electron chi connectivity index (χ1n) is 4.30. The van der Waals surface area contributed by atoms with Crippen molar-refractivity contribution in [1.29, 1.82) is 0 Å². The van der Waals surface area contributed by atoms with Gasteiger partial charge in [0.25, 0.3) is 0 Å². The van der Waals surface area contributed by atoms with Crippen LogP contribution < -0.4 is 0 Å². The number of rotatable bonds is 2. The van der Waals surface area contributed by atoms with Crippen LogP contribution in [0.1, 0.15) is 0 Å². The molecule has 0 amide bonds. The normalized spacial score (nSPS) is 10.6. The Kier molecular flexibility index (Phi) is 2.67. The molecule has 14 heavy (non-hydrogen) atoms. The van der Waals surface area contributed by atoms with Gasteiger partial charge < -0.3 is 0 Å². The Balaban J connectivity index is 2.16. The highest BCUT2D eigenvalue weighted by Crippen LogP contribution is 2.15. The van der Waals surface area contributed by atoms with E-state index in [1.807, 2.05) is 30.3 Å². The van der Waals surface area contributed by atoms with E-state index >= 15 is 0 Å². The smallest absolute Gasteiger partial charge is 0.0942 e. The second kappa shape index (κ2) is 4.33. The van der Waals surface area contributed by atoms with E-state index in [4.69, 9.17) is 0 Å². The Morgan fingerprint density at radius 1 is 0.929 bits per heavy atom. The van der Waals surface area contributed by atoms with Gasteiger partial charge in [-0.15, -0.1) is 5.11 Å². The number of hydrogen-bond acceptors (Lipinski definition) is 2. The number of benzene rings is 2. The lowest BCUT2D eigenvalue weighted by atomic mass is 10.3. The van der Waals surface area contributed by atoms with Gasteiger partial charge in [0.05, 0.1) is 11.4 Å². The maximum Gasteiger partial charge on any atom is 0.0942 e. The minimum Gasteiger partial charge on any atom is -0.151 e. The highest BCUT2D eigenvalue weighted by Gasteiger charge is 1.87. The molecule has 0 saturated carbocycles. The number of hydrogen-bond donors (Lipinski definition) is 0. The van der Waals surface area contributed by atoms with Gasteiger partial charge in [0.1, 0.15) is 0 Å². The van der Waals surface area contributed by atoms with Crippen LogP contribution in [-0.4, -0.2) is 0 Å². The molecule has 2 aromatic rings. The van der Waals surface area contributed by atoms with Gasteiger partial charge in [0, 0.05) is 6.07 Å². The van der Waals surface area contributed by atoms with E-state index in [-0.39, 0.29) is 0 Å². The molecule has 0 aromatic heterocycles. The number of nitrogens with zero attached hydrogens (tertiary/aromatic N) is 2. The summed E-state index contributed by atoms with van der Waals surface area (Å²) in [6, 6.07) is 20.7. The van der Waals surface area contributed by atoms with Gasteiger partial charge >= 0.3 is 0 Å². The molecule has 2 nitrogen and oxygen atoms in total. The molecule has 0 aliphatic carbocycles. The summed E-state index contributed by atoms with van der Waals surface area (Å²) in [5, 5.41) is 8.06. The first-order chi connectivity index (χ1) is 6.95. The predicted octanol–water partition coefficient (Wildman–Crippen LogP) is 3.70. The fraction of sp³-hybridized carbons (Fsp3) is 0. The summed E-state index contributed by atoms with van der Waals surface area (Å²) in [6.07, 6.45) is 0. The molecule has 66 valence electrons. The van der Waals surface area contributed by atoms with Crippen molar-refractivity contribution in [2.75, 3.05) is 0 Å². The van der Waals surface area contributed by atoms with Crippen molar-refractivity contribution in [3.8, 4) is 0 Å². The SMILES string of the molecule is [c]1cc[c]c(/N=N/c2ccccc2)c1. The molecule has 0 spiro atoms. The molecule has 0 aliphatic heterocycles. The van der Waals surface area contributed by atoms with Crippen LogP contribution in [0, 0.1) is 12.1 Å². The Morgan fingerprint density at radius 2 is 1.79 bits per heavy atom. The summed E-state index contributed by atoms with van der Waals surface area (Å²) in [7, 11) is 0. The molecule has 2 rings (SSSR count). The van der Waals surface area contributed by atoms with Gasteiger partial charge in [-0.1, -0.05) is 30.3 Å². The highest BCUT2D eigenvalue weighted by molar-refractivity contribution is 5.38. The molecule has 0 heterocycles. The lowest BCUT2D eigenvalue weighted by Crippen LogP contribution is -1.63. The maximum absolute atomic E-state index is 4.05. The Morgan fingerprint density at radius 3 is 2.50 bits per heavy atom. The van der Waals surface area contributed by atoms with Crippen molar-refractivity contribution in [2.24, 2.45) is 10.2 Å². The van der Waals surface area contributed by atoms with Crippen LogP contribution in [0.4, 0.5) is 11.4 Å².